The molecule has 0 aliphatic carbocycles. The average Bonchev–Trinajstić information content (AvgIpc) is 2.87. The van der Waals surface area contributed by atoms with Crippen LogP contribution in [0.4, 0.5) is 4.39 Å². The largest absolute Gasteiger partial charge is 0.486 e. The van der Waals surface area contributed by atoms with E-state index in [9.17, 15) is 14.0 Å². The van der Waals surface area contributed by atoms with Crippen molar-refractivity contribution in [2.45, 2.75) is 32.9 Å². The van der Waals surface area contributed by atoms with Crippen molar-refractivity contribution in [2.24, 2.45) is 0 Å². The van der Waals surface area contributed by atoms with Crippen LogP contribution >= 0.6 is 11.3 Å². The molecule has 8 heteroatoms. The molecule has 0 aliphatic rings. The van der Waals surface area contributed by atoms with E-state index in [0.717, 1.165) is 0 Å². The molecule has 0 spiro atoms. The minimum atomic E-state index is -0.975. The summed E-state index contributed by atoms with van der Waals surface area (Å²) in [4.78, 5) is 27.5. The third-order valence-corrected chi connectivity index (χ3v) is 4.21. The molecule has 6 nitrogen and oxygen atoms in total. The monoisotopic (exact) mass is 352 g/mol. The lowest BCUT2D eigenvalue weighted by Crippen LogP contribution is -2.34. The van der Waals surface area contributed by atoms with Gasteiger partial charge in [0.1, 0.15) is 28.1 Å². The number of hydrogen-bond acceptors (Lipinski definition) is 5. The van der Waals surface area contributed by atoms with Gasteiger partial charge in [0.05, 0.1) is 12.1 Å². The molecule has 1 aromatic carbocycles. The summed E-state index contributed by atoms with van der Waals surface area (Å²) in [7, 11) is 0. The maximum Gasteiger partial charge on any atom is 0.305 e. The average molecular weight is 352 g/mol. The molecule has 2 N–H and O–H groups in total. The van der Waals surface area contributed by atoms with E-state index in [1.54, 1.807) is 13.8 Å². The maximum atomic E-state index is 12.8. The Kier molecular flexibility index (Phi) is 5.86. The Balaban J connectivity index is 1.97. The second kappa shape index (κ2) is 7.87. The number of carbonyl (C=O) groups is 2. The third-order valence-electron chi connectivity index (χ3n) is 3.08. The Morgan fingerprint density at radius 2 is 2.04 bits per heavy atom. The van der Waals surface area contributed by atoms with Gasteiger partial charge in [0, 0.05) is 6.04 Å². The number of halogens is 1. The van der Waals surface area contributed by atoms with E-state index in [2.05, 4.69) is 10.3 Å². The van der Waals surface area contributed by atoms with Crippen LogP contribution in [0.25, 0.3) is 0 Å². The van der Waals surface area contributed by atoms with Crippen LogP contribution in [0.2, 0.25) is 0 Å². The number of rotatable bonds is 7. The van der Waals surface area contributed by atoms with Gasteiger partial charge in [0.15, 0.2) is 0 Å². The number of nitrogens with zero attached hydrogens (tertiary/aromatic N) is 1. The minimum Gasteiger partial charge on any atom is -0.486 e. The molecule has 1 aromatic heterocycles. The quantitative estimate of drug-likeness (QED) is 0.800. The first-order chi connectivity index (χ1) is 11.3. The van der Waals surface area contributed by atoms with E-state index < -0.39 is 12.0 Å². The molecule has 1 heterocycles. The van der Waals surface area contributed by atoms with Crippen molar-refractivity contribution in [1.82, 2.24) is 10.3 Å². The number of nitrogens with one attached hydrogen (secondary N) is 1. The summed E-state index contributed by atoms with van der Waals surface area (Å²) in [5.74, 6) is -1.17. The van der Waals surface area contributed by atoms with Crippen molar-refractivity contribution in [3.63, 3.8) is 0 Å². The van der Waals surface area contributed by atoms with Gasteiger partial charge in [-0.2, -0.15) is 0 Å². The lowest BCUT2D eigenvalue weighted by Gasteiger charge is -2.10. The zero-order chi connectivity index (χ0) is 17.7. The van der Waals surface area contributed by atoms with Gasteiger partial charge in [-0.05, 0) is 38.1 Å². The fraction of sp³-hybridized carbons (Fsp3) is 0.312. The van der Waals surface area contributed by atoms with Gasteiger partial charge in [0.2, 0.25) is 0 Å². The van der Waals surface area contributed by atoms with Crippen molar-refractivity contribution in [2.75, 3.05) is 0 Å². The number of carboxylic acids is 1. The SMILES string of the molecule is Cc1nc(COc2ccc(F)cc2)sc1C(=O)NC(C)CC(=O)O. The van der Waals surface area contributed by atoms with Crippen LogP contribution in [0.1, 0.15) is 33.7 Å². The first-order valence-electron chi connectivity index (χ1n) is 7.22. The first kappa shape index (κ1) is 17.9. The zero-order valence-electron chi connectivity index (χ0n) is 13.2. The number of hydrogen-bond donors (Lipinski definition) is 2. The van der Waals surface area contributed by atoms with Gasteiger partial charge < -0.3 is 15.2 Å². The van der Waals surface area contributed by atoms with E-state index >= 15 is 0 Å². The normalized spacial score (nSPS) is 11.8. The van der Waals surface area contributed by atoms with Crippen LogP contribution in [0.5, 0.6) is 5.75 Å². The minimum absolute atomic E-state index is 0.149. The molecule has 1 unspecified atom stereocenters. The standard InChI is InChI=1S/C16H17FN2O4S/c1-9(7-14(20)21)18-16(22)15-10(2)19-13(24-15)8-23-12-5-3-11(17)4-6-12/h3-6,9H,7-8H2,1-2H3,(H,18,22)(H,20,21). The fourth-order valence-corrected chi connectivity index (χ4v) is 2.88. The fourth-order valence-electron chi connectivity index (χ4n) is 2.00. The maximum absolute atomic E-state index is 12.8. The molecule has 0 fully saturated rings. The van der Waals surface area contributed by atoms with Crippen LogP contribution in [0.3, 0.4) is 0 Å². The van der Waals surface area contributed by atoms with E-state index in [1.165, 1.54) is 35.6 Å². The van der Waals surface area contributed by atoms with Crippen molar-refractivity contribution >= 4 is 23.2 Å². The van der Waals surface area contributed by atoms with Crippen LogP contribution < -0.4 is 10.1 Å². The van der Waals surface area contributed by atoms with Gasteiger partial charge in [-0.15, -0.1) is 11.3 Å². The van der Waals surface area contributed by atoms with E-state index in [1.807, 2.05) is 0 Å². The van der Waals surface area contributed by atoms with Crippen molar-refractivity contribution in [3.05, 3.63) is 45.7 Å². The summed E-state index contributed by atoms with van der Waals surface area (Å²) in [5.41, 5.74) is 0.553. The Bertz CT molecular complexity index is 730. The lowest BCUT2D eigenvalue weighted by molar-refractivity contribution is -0.137. The highest BCUT2D eigenvalue weighted by molar-refractivity contribution is 7.13. The zero-order valence-corrected chi connectivity index (χ0v) is 14.0. The van der Waals surface area contributed by atoms with Gasteiger partial charge in [-0.25, -0.2) is 9.37 Å². The van der Waals surface area contributed by atoms with Gasteiger partial charge in [-0.1, -0.05) is 0 Å². The Labute approximate surface area is 142 Å². The summed E-state index contributed by atoms with van der Waals surface area (Å²) >= 11 is 1.18. The molecule has 128 valence electrons. The molecule has 1 amide bonds. The highest BCUT2D eigenvalue weighted by atomic mass is 32.1. The number of thiazole rings is 1. The second-order valence-electron chi connectivity index (χ2n) is 5.24. The number of aromatic nitrogens is 1. The van der Waals surface area contributed by atoms with Gasteiger partial charge >= 0.3 is 5.97 Å². The topological polar surface area (TPSA) is 88.5 Å². The number of aliphatic carboxylic acids is 1. The Morgan fingerprint density at radius 1 is 1.38 bits per heavy atom. The summed E-state index contributed by atoms with van der Waals surface area (Å²) in [6, 6.07) is 5.14. The molecular formula is C16H17FN2O4S. The van der Waals surface area contributed by atoms with Crippen molar-refractivity contribution < 1.29 is 23.8 Å². The summed E-state index contributed by atoms with van der Waals surface area (Å²) in [6.45, 7) is 3.49. The summed E-state index contributed by atoms with van der Waals surface area (Å²) in [5, 5.41) is 12.0. The highest BCUT2D eigenvalue weighted by Gasteiger charge is 2.18. The number of carboxylic acid groups (broad SMARTS) is 1. The number of carbonyl (C=O) groups excluding carboxylic acids is 1. The lowest BCUT2D eigenvalue weighted by atomic mass is 10.2. The molecule has 0 bridgehead atoms. The molecule has 0 radical (unpaired) electrons. The van der Waals surface area contributed by atoms with E-state index in [-0.39, 0.29) is 24.8 Å². The highest BCUT2D eigenvalue weighted by Crippen LogP contribution is 2.20. The van der Waals surface area contributed by atoms with Crippen molar-refractivity contribution in [1.29, 1.82) is 0 Å². The van der Waals surface area contributed by atoms with Crippen LogP contribution in [0, 0.1) is 12.7 Å². The predicted molar refractivity (Wildman–Crippen MR) is 86.8 cm³/mol. The first-order valence-corrected chi connectivity index (χ1v) is 8.04. The molecule has 2 rings (SSSR count). The molecule has 24 heavy (non-hydrogen) atoms. The van der Waals surface area contributed by atoms with E-state index in [0.29, 0.717) is 21.3 Å². The molecule has 1 atom stereocenters. The van der Waals surface area contributed by atoms with Crippen LogP contribution in [-0.2, 0) is 11.4 Å². The molecule has 0 saturated heterocycles. The molecule has 0 aliphatic heterocycles. The predicted octanol–water partition coefficient (Wildman–Crippen LogP) is 2.76. The Hall–Kier alpha value is -2.48. The van der Waals surface area contributed by atoms with Crippen LogP contribution in [-0.4, -0.2) is 28.0 Å². The summed E-state index contributed by atoms with van der Waals surface area (Å²) < 4.78 is 18.3. The Morgan fingerprint density at radius 3 is 2.67 bits per heavy atom. The number of amides is 1. The van der Waals surface area contributed by atoms with Gasteiger partial charge in [-0.3, -0.25) is 9.59 Å². The molecular weight excluding hydrogens is 335 g/mol. The van der Waals surface area contributed by atoms with Crippen molar-refractivity contribution in [3.8, 4) is 5.75 Å². The van der Waals surface area contributed by atoms with Crippen LogP contribution in [0.15, 0.2) is 24.3 Å². The number of benzene rings is 1. The molecule has 0 saturated carbocycles. The molecule has 2 aromatic rings. The third kappa shape index (κ3) is 5.02. The van der Waals surface area contributed by atoms with E-state index in [4.69, 9.17) is 9.84 Å². The number of ether oxygens (including phenoxy) is 1. The summed E-state index contributed by atoms with van der Waals surface area (Å²) in [6.07, 6.45) is -0.149. The number of aryl methyl sites for hydroxylation is 1. The smallest absolute Gasteiger partial charge is 0.305 e. The van der Waals surface area contributed by atoms with Gasteiger partial charge in [0.25, 0.3) is 5.91 Å². The second-order valence-corrected chi connectivity index (χ2v) is 6.32.